The van der Waals surface area contributed by atoms with Crippen molar-refractivity contribution >= 4 is 41.1 Å². The second-order valence-corrected chi connectivity index (χ2v) is 10.1. The quantitative estimate of drug-likeness (QED) is 0.547. The van der Waals surface area contributed by atoms with E-state index in [1.54, 1.807) is 0 Å². The Hall–Kier alpha value is -2.52. The maximum absolute atomic E-state index is 6.42. The SMILES string of the molecule is Cc1ccc(CNc2nc3c(c(N4CCCC(c5nnc(N)o5)C4)n2)CSC3C)c(Cl)c1. The molecule has 10 heteroatoms. The van der Waals surface area contributed by atoms with Gasteiger partial charge in [-0.3, -0.25) is 0 Å². The summed E-state index contributed by atoms with van der Waals surface area (Å²) in [6, 6.07) is 6.20. The van der Waals surface area contributed by atoms with Crippen molar-refractivity contribution in [3.63, 3.8) is 0 Å². The number of anilines is 3. The van der Waals surface area contributed by atoms with E-state index in [0.717, 1.165) is 59.3 Å². The van der Waals surface area contributed by atoms with E-state index >= 15 is 0 Å². The summed E-state index contributed by atoms with van der Waals surface area (Å²) in [5, 5.41) is 12.4. The number of nitrogens with one attached hydrogen (secondary N) is 1. The fraction of sp³-hybridized carbons (Fsp3) is 0.455. The molecule has 32 heavy (non-hydrogen) atoms. The van der Waals surface area contributed by atoms with Gasteiger partial charge in [-0.2, -0.15) is 4.98 Å². The summed E-state index contributed by atoms with van der Waals surface area (Å²) in [7, 11) is 0. The zero-order valence-corrected chi connectivity index (χ0v) is 19.7. The number of aromatic nitrogens is 4. The number of fused-ring (bicyclic) bond motifs is 1. The van der Waals surface area contributed by atoms with E-state index in [-0.39, 0.29) is 11.9 Å². The van der Waals surface area contributed by atoms with Crippen LogP contribution < -0.4 is 16.0 Å². The molecule has 2 aliphatic heterocycles. The van der Waals surface area contributed by atoms with Gasteiger partial charge in [-0.25, -0.2) is 4.98 Å². The summed E-state index contributed by atoms with van der Waals surface area (Å²) in [5.41, 5.74) is 10.2. The third-order valence-electron chi connectivity index (χ3n) is 6.05. The molecule has 1 aromatic carbocycles. The summed E-state index contributed by atoms with van der Waals surface area (Å²) in [6.45, 7) is 6.52. The van der Waals surface area contributed by atoms with Crippen molar-refractivity contribution in [1.29, 1.82) is 0 Å². The van der Waals surface area contributed by atoms with Crippen LogP contribution in [0.2, 0.25) is 5.02 Å². The van der Waals surface area contributed by atoms with Crippen LogP contribution in [0.1, 0.15) is 59.2 Å². The van der Waals surface area contributed by atoms with Crippen molar-refractivity contribution < 1.29 is 4.42 Å². The van der Waals surface area contributed by atoms with Gasteiger partial charge in [-0.15, -0.1) is 16.9 Å². The van der Waals surface area contributed by atoms with Crippen LogP contribution in [-0.4, -0.2) is 33.3 Å². The lowest BCUT2D eigenvalue weighted by molar-refractivity contribution is 0.405. The first-order valence-electron chi connectivity index (χ1n) is 10.8. The van der Waals surface area contributed by atoms with E-state index in [4.69, 9.17) is 31.7 Å². The number of benzene rings is 1. The van der Waals surface area contributed by atoms with E-state index in [1.807, 2.05) is 30.8 Å². The number of aryl methyl sites for hydroxylation is 1. The first kappa shape index (κ1) is 21.3. The Balaban J connectivity index is 1.41. The van der Waals surface area contributed by atoms with Gasteiger partial charge in [0, 0.05) is 41.2 Å². The normalized spacial score (nSPS) is 20.4. The van der Waals surface area contributed by atoms with Crippen LogP contribution in [0.5, 0.6) is 0 Å². The molecule has 0 saturated carbocycles. The molecule has 3 aromatic rings. The van der Waals surface area contributed by atoms with E-state index in [2.05, 4.69) is 33.4 Å². The molecule has 0 bridgehead atoms. The molecular weight excluding hydrogens is 446 g/mol. The van der Waals surface area contributed by atoms with Crippen LogP contribution in [-0.2, 0) is 12.3 Å². The second-order valence-electron chi connectivity index (χ2n) is 8.40. The number of thioether (sulfide) groups is 1. The molecule has 2 unspecified atom stereocenters. The van der Waals surface area contributed by atoms with Crippen LogP contribution >= 0.6 is 23.4 Å². The maximum Gasteiger partial charge on any atom is 0.312 e. The first-order chi connectivity index (χ1) is 15.5. The van der Waals surface area contributed by atoms with Gasteiger partial charge in [-0.1, -0.05) is 28.8 Å². The van der Waals surface area contributed by atoms with E-state index < -0.39 is 0 Å². The summed E-state index contributed by atoms with van der Waals surface area (Å²) in [5.74, 6) is 3.31. The minimum absolute atomic E-state index is 0.117. The number of nitrogens with two attached hydrogens (primary N) is 1. The van der Waals surface area contributed by atoms with Crippen molar-refractivity contribution in [3.8, 4) is 0 Å². The Labute approximate surface area is 196 Å². The smallest absolute Gasteiger partial charge is 0.312 e. The van der Waals surface area contributed by atoms with Crippen molar-refractivity contribution in [2.45, 2.75) is 50.2 Å². The Morgan fingerprint density at radius 1 is 1.31 bits per heavy atom. The van der Waals surface area contributed by atoms with Gasteiger partial charge in [0.1, 0.15) is 5.82 Å². The number of hydrogen-bond acceptors (Lipinski definition) is 9. The average Bonchev–Trinajstić information content (AvgIpc) is 3.39. The predicted octanol–water partition coefficient (Wildman–Crippen LogP) is 4.71. The van der Waals surface area contributed by atoms with Gasteiger partial charge in [0.15, 0.2) is 0 Å². The summed E-state index contributed by atoms with van der Waals surface area (Å²) in [6.07, 6.45) is 2.02. The summed E-state index contributed by atoms with van der Waals surface area (Å²) < 4.78 is 5.51. The van der Waals surface area contributed by atoms with E-state index in [0.29, 0.717) is 23.6 Å². The molecule has 8 nitrogen and oxygen atoms in total. The molecule has 0 amide bonds. The van der Waals surface area contributed by atoms with Gasteiger partial charge in [0.2, 0.25) is 11.8 Å². The van der Waals surface area contributed by atoms with Crippen LogP contribution in [0.15, 0.2) is 22.6 Å². The topological polar surface area (TPSA) is 106 Å². The zero-order valence-electron chi connectivity index (χ0n) is 18.1. The van der Waals surface area contributed by atoms with Crippen LogP contribution in [0.3, 0.4) is 0 Å². The first-order valence-corrected chi connectivity index (χ1v) is 12.3. The monoisotopic (exact) mass is 471 g/mol. The van der Waals surface area contributed by atoms with E-state index in [1.165, 1.54) is 5.56 Å². The van der Waals surface area contributed by atoms with Crippen LogP contribution in [0, 0.1) is 6.92 Å². The third-order valence-corrected chi connectivity index (χ3v) is 7.58. The molecule has 168 valence electrons. The fourth-order valence-electron chi connectivity index (χ4n) is 4.34. The summed E-state index contributed by atoms with van der Waals surface area (Å²) in [4.78, 5) is 12.1. The van der Waals surface area contributed by atoms with Crippen LogP contribution in [0.4, 0.5) is 17.8 Å². The van der Waals surface area contributed by atoms with Crippen LogP contribution in [0.25, 0.3) is 0 Å². The molecule has 4 heterocycles. The molecule has 1 fully saturated rings. The van der Waals surface area contributed by atoms with Gasteiger partial charge in [-0.05, 0) is 43.9 Å². The molecule has 5 rings (SSSR count). The lowest BCUT2D eigenvalue weighted by Gasteiger charge is -2.33. The molecule has 0 aliphatic carbocycles. The Morgan fingerprint density at radius 2 is 2.19 bits per heavy atom. The van der Waals surface area contributed by atoms with Crippen molar-refractivity contribution in [1.82, 2.24) is 20.2 Å². The molecule has 3 N–H and O–H groups in total. The summed E-state index contributed by atoms with van der Waals surface area (Å²) >= 11 is 8.32. The van der Waals surface area contributed by atoms with Crippen molar-refractivity contribution in [2.75, 3.05) is 29.0 Å². The van der Waals surface area contributed by atoms with Gasteiger partial charge >= 0.3 is 6.01 Å². The lowest BCUT2D eigenvalue weighted by Crippen LogP contribution is -2.36. The highest BCUT2D eigenvalue weighted by Crippen LogP contribution is 2.45. The molecule has 2 aliphatic rings. The van der Waals surface area contributed by atoms with Gasteiger partial charge in [0.05, 0.1) is 11.6 Å². The molecular formula is C22H26ClN7OS. The standard InChI is InChI=1S/C22H26ClN7OS/c1-12-5-6-14(17(23)8-12)9-25-22-26-18-13(2)32-11-16(18)19(27-22)30-7-3-4-15(10-30)20-28-29-21(24)31-20/h5-6,8,13,15H,3-4,7,9-11H2,1-2H3,(H2,24,29)(H,25,26,27). The predicted molar refractivity (Wildman–Crippen MR) is 128 cm³/mol. The van der Waals surface area contributed by atoms with Crippen molar-refractivity contribution in [3.05, 3.63) is 51.5 Å². The zero-order chi connectivity index (χ0) is 22.2. The number of halogens is 1. The minimum Gasteiger partial charge on any atom is -0.408 e. The minimum atomic E-state index is 0.117. The van der Waals surface area contributed by atoms with Gasteiger partial charge < -0.3 is 20.4 Å². The average molecular weight is 472 g/mol. The number of nitrogen functional groups attached to an aromatic ring is 1. The second kappa shape index (κ2) is 8.78. The number of piperidine rings is 1. The van der Waals surface area contributed by atoms with Gasteiger partial charge in [0.25, 0.3) is 0 Å². The Bertz CT molecular complexity index is 1140. The maximum atomic E-state index is 6.42. The molecule has 1 saturated heterocycles. The lowest BCUT2D eigenvalue weighted by atomic mass is 9.97. The largest absolute Gasteiger partial charge is 0.408 e. The fourth-order valence-corrected chi connectivity index (χ4v) is 5.69. The highest BCUT2D eigenvalue weighted by molar-refractivity contribution is 7.99. The van der Waals surface area contributed by atoms with E-state index in [9.17, 15) is 0 Å². The highest BCUT2D eigenvalue weighted by atomic mass is 35.5. The molecule has 0 spiro atoms. The molecule has 2 aromatic heterocycles. The number of nitrogens with zero attached hydrogens (tertiary/aromatic N) is 5. The Kier molecular flexibility index (Phi) is 5.86. The molecule has 0 radical (unpaired) electrons. The Morgan fingerprint density at radius 3 is 2.97 bits per heavy atom. The number of hydrogen-bond donors (Lipinski definition) is 2. The van der Waals surface area contributed by atoms with Crippen molar-refractivity contribution in [2.24, 2.45) is 0 Å². The molecule has 2 atom stereocenters. The number of rotatable bonds is 5. The third kappa shape index (κ3) is 4.23. The highest BCUT2D eigenvalue weighted by Gasteiger charge is 2.32.